The van der Waals surface area contributed by atoms with Gasteiger partial charge < -0.3 is 14.7 Å². The first-order chi connectivity index (χ1) is 13.7. The van der Waals surface area contributed by atoms with Crippen LogP contribution in [0.15, 0.2) is 47.4 Å². The largest absolute Gasteiger partial charge is 0.359 e. The Labute approximate surface area is 163 Å². The number of carbonyl (C=O) groups is 1. The van der Waals surface area contributed by atoms with Crippen LogP contribution in [-0.4, -0.2) is 50.9 Å². The van der Waals surface area contributed by atoms with Crippen molar-refractivity contribution >= 4 is 5.91 Å². The molecule has 3 aromatic rings. The highest BCUT2D eigenvalue weighted by Gasteiger charge is 2.19. The summed E-state index contributed by atoms with van der Waals surface area (Å²) in [5.74, 6) is 1.04. The third-order valence-corrected chi connectivity index (χ3v) is 5.03. The van der Waals surface area contributed by atoms with Crippen LogP contribution < -0.4 is 5.32 Å². The molecule has 0 aliphatic carbocycles. The fraction of sp³-hybridized carbons (Fsp3) is 0.400. The molecule has 1 N–H and O–H groups in total. The molecule has 0 saturated carbocycles. The lowest BCUT2D eigenvalue weighted by molar-refractivity contribution is -0.131. The Balaban J connectivity index is 1.34. The highest BCUT2D eigenvalue weighted by atomic mass is 16.5. The van der Waals surface area contributed by atoms with Crippen LogP contribution in [0.1, 0.15) is 30.2 Å². The summed E-state index contributed by atoms with van der Waals surface area (Å²) in [7, 11) is 1.76. The molecule has 0 bridgehead atoms. The third kappa shape index (κ3) is 4.28. The number of nitrogens with one attached hydrogen (secondary N) is 1. The van der Waals surface area contributed by atoms with Gasteiger partial charge in [0.1, 0.15) is 12.2 Å². The molecule has 4 heterocycles. The van der Waals surface area contributed by atoms with Gasteiger partial charge in [0.25, 0.3) is 0 Å². The van der Waals surface area contributed by atoms with E-state index in [0.717, 1.165) is 42.9 Å². The second kappa shape index (κ2) is 8.35. The molecule has 4 rings (SSSR count). The van der Waals surface area contributed by atoms with Gasteiger partial charge in [-0.1, -0.05) is 5.16 Å². The molecule has 0 radical (unpaired) electrons. The van der Waals surface area contributed by atoms with Crippen molar-refractivity contribution in [1.29, 1.82) is 0 Å². The first kappa shape index (κ1) is 18.4. The topological polar surface area (TPSA) is 89.1 Å². The highest BCUT2D eigenvalue weighted by molar-refractivity contribution is 5.75. The Hall–Kier alpha value is -3.00. The van der Waals surface area contributed by atoms with E-state index >= 15 is 0 Å². The number of amides is 1. The van der Waals surface area contributed by atoms with Crippen molar-refractivity contribution in [3.8, 4) is 11.3 Å². The van der Waals surface area contributed by atoms with E-state index < -0.39 is 0 Å². The number of hydrogen-bond acceptors (Lipinski definition) is 6. The van der Waals surface area contributed by atoms with Gasteiger partial charge in [0.15, 0.2) is 5.76 Å². The Morgan fingerprint density at radius 1 is 1.36 bits per heavy atom. The Bertz CT molecular complexity index is 914. The maximum atomic E-state index is 12.6. The van der Waals surface area contributed by atoms with Crippen LogP contribution in [0.2, 0.25) is 0 Å². The molecule has 0 unspecified atom stereocenters. The molecule has 146 valence electrons. The molecule has 0 spiro atoms. The predicted octanol–water partition coefficient (Wildman–Crippen LogP) is 2.06. The SMILES string of the molecule is CN(Cc1cc(-c2ccncc2)no1)C(=O)Cn1ccc([C@@H]2CCCNC2)n1. The maximum Gasteiger partial charge on any atom is 0.244 e. The monoisotopic (exact) mass is 380 g/mol. The maximum absolute atomic E-state index is 12.6. The number of pyridine rings is 1. The predicted molar refractivity (Wildman–Crippen MR) is 103 cm³/mol. The minimum atomic E-state index is -0.0294. The van der Waals surface area contributed by atoms with Crippen LogP contribution in [0.4, 0.5) is 0 Å². The molecule has 8 nitrogen and oxygen atoms in total. The standard InChI is InChI=1S/C20H24N6O2/c1-25(13-17-11-19(24-28-17)15-4-8-21-9-5-15)20(27)14-26-10-6-18(23-26)16-3-2-7-22-12-16/h4-6,8-11,16,22H,2-3,7,12-14H2,1H3/t16-/m1/s1. The fourth-order valence-electron chi connectivity index (χ4n) is 3.41. The Morgan fingerprint density at radius 3 is 3.00 bits per heavy atom. The van der Waals surface area contributed by atoms with E-state index in [1.807, 2.05) is 30.5 Å². The van der Waals surface area contributed by atoms with E-state index in [9.17, 15) is 4.79 Å². The van der Waals surface area contributed by atoms with E-state index in [1.165, 1.54) is 0 Å². The van der Waals surface area contributed by atoms with Crippen molar-refractivity contribution < 1.29 is 9.32 Å². The van der Waals surface area contributed by atoms with Crippen LogP contribution in [0.25, 0.3) is 11.3 Å². The fourth-order valence-corrected chi connectivity index (χ4v) is 3.41. The first-order valence-corrected chi connectivity index (χ1v) is 9.53. The van der Waals surface area contributed by atoms with Crippen molar-refractivity contribution in [2.24, 2.45) is 0 Å². The van der Waals surface area contributed by atoms with E-state index in [-0.39, 0.29) is 12.5 Å². The average Bonchev–Trinajstić information content (AvgIpc) is 3.39. The summed E-state index contributed by atoms with van der Waals surface area (Å²) in [6, 6.07) is 7.60. The minimum absolute atomic E-state index is 0.0294. The van der Waals surface area contributed by atoms with Gasteiger partial charge in [0, 0.05) is 49.7 Å². The van der Waals surface area contributed by atoms with Gasteiger partial charge >= 0.3 is 0 Å². The summed E-state index contributed by atoms with van der Waals surface area (Å²) in [5.41, 5.74) is 2.72. The summed E-state index contributed by atoms with van der Waals surface area (Å²) >= 11 is 0. The number of likely N-dealkylation sites (N-methyl/N-ethyl adjacent to an activating group) is 1. The molecule has 1 aliphatic heterocycles. The Kier molecular flexibility index (Phi) is 5.48. The number of nitrogens with zero attached hydrogens (tertiary/aromatic N) is 5. The lowest BCUT2D eigenvalue weighted by Gasteiger charge is -2.20. The molecular formula is C20H24N6O2. The summed E-state index contributed by atoms with van der Waals surface area (Å²) in [5, 5.41) is 12.1. The number of rotatable bonds is 6. The summed E-state index contributed by atoms with van der Waals surface area (Å²) in [4.78, 5) is 18.2. The molecule has 1 aliphatic rings. The van der Waals surface area contributed by atoms with E-state index in [2.05, 4.69) is 20.6 Å². The van der Waals surface area contributed by atoms with E-state index in [4.69, 9.17) is 4.52 Å². The molecule has 1 amide bonds. The average molecular weight is 380 g/mol. The van der Waals surface area contributed by atoms with Crippen molar-refractivity contribution in [2.75, 3.05) is 20.1 Å². The van der Waals surface area contributed by atoms with Gasteiger partial charge in [-0.2, -0.15) is 5.10 Å². The van der Waals surface area contributed by atoms with Gasteiger partial charge in [-0.25, -0.2) is 0 Å². The highest BCUT2D eigenvalue weighted by Crippen LogP contribution is 2.21. The number of piperidine rings is 1. The zero-order chi connectivity index (χ0) is 19.3. The Morgan fingerprint density at radius 2 is 2.21 bits per heavy atom. The number of carbonyl (C=O) groups excluding carboxylic acids is 1. The van der Waals surface area contributed by atoms with Crippen LogP contribution in [0.5, 0.6) is 0 Å². The van der Waals surface area contributed by atoms with E-state index in [1.54, 1.807) is 29.0 Å². The van der Waals surface area contributed by atoms with Gasteiger partial charge in [-0.3, -0.25) is 14.5 Å². The van der Waals surface area contributed by atoms with Crippen LogP contribution in [0.3, 0.4) is 0 Å². The van der Waals surface area contributed by atoms with Gasteiger partial charge in [0.2, 0.25) is 5.91 Å². The van der Waals surface area contributed by atoms with Crippen molar-refractivity contribution in [3.05, 3.63) is 54.3 Å². The van der Waals surface area contributed by atoms with Gasteiger partial charge in [0.05, 0.1) is 12.2 Å². The lowest BCUT2D eigenvalue weighted by atomic mass is 9.97. The number of hydrogen-bond donors (Lipinski definition) is 1. The molecule has 1 atom stereocenters. The molecule has 3 aromatic heterocycles. The van der Waals surface area contributed by atoms with Crippen LogP contribution in [0, 0.1) is 0 Å². The summed E-state index contributed by atoms with van der Waals surface area (Å²) < 4.78 is 7.09. The van der Waals surface area contributed by atoms with Gasteiger partial charge in [-0.15, -0.1) is 0 Å². The summed E-state index contributed by atoms with van der Waals surface area (Å²) in [6.45, 7) is 2.60. The molecular weight excluding hydrogens is 356 g/mol. The minimum Gasteiger partial charge on any atom is -0.359 e. The van der Waals surface area contributed by atoms with Crippen molar-refractivity contribution in [3.63, 3.8) is 0 Å². The molecule has 28 heavy (non-hydrogen) atoms. The zero-order valence-electron chi connectivity index (χ0n) is 15.9. The zero-order valence-corrected chi connectivity index (χ0v) is 15.9. The molecule has 1 saturated heterocycles. The van der Waals surface area contributed by atoms with Crippen molar-refractivity contribution in [2.45, 2.75) is 31.8 Å². The quantitative estimate of drug-likeness (QED) is 0.704. The first-order valence-electron chi connectivity index (χ1n) is 9.53. The molecule has 8 heteroatoms. The number of aromatic nitrogens is 4. The van der Waals surface area contributed by atoms with E-state index in [0.29, 0.717) is 18.2 Å². The summed E-state index contributed by atoms with van der Waals surface area (Å²) in [6.07, 6.45) is 7.61. The van der Waals surface area contributed by atoms with Crippen molar-refractivity contribution in [1.82, 2.24) is 30.1 Å². The van der Waals surface area contributed by atoms with Crippen LogP contribution >= 0.6 is 0 Å². The smallest absolute Gasteiger partial charge is 0.244 e. The second-order valence-electron chi connectivity index (χ2n) is 7.15. The molecule has 0 aromatic carbocycles. The third-order valence-electron chi connectivity index (χ3n) is 5.03. The molecule has 1 fully saturated rings. The second-order valence-corrected chi connectivity index (χ2v) is 7.15. The normalized spacial score (nSPS) is 16.8. The lowest BCUT2D eigenvalue weighted by Crippen LogP contribution is -2.30. The van der Waals surface area contributed by atoms with Crippen LogP contribution in [-0.2, 0) is 17.9 Å². The van der Waals surface area contributed by atoms with Gasteiger partial charge in [-0.05, 0) is 37.6 Å².